The Hall–Kier alpha value is -0.380. The van der Waals surface area contributed by atoms with E-state index in [1.165, 1.54) is 9.75 Å². The van der Waals surface area contributed by atoms with Crippen LogP contribution in [-0.4, -0.2) is 23.3 Å². The molecule has 2 nitrogen and oxygen atoms in total. The maximum atomic E-state index is 10.3. The fourth-order valence-electron chi connectivity index (χ4n) is 1.80. The zero-order chi connectivity index (χ0) is 12.9. The summed E-state index contributed by atoms with van der Waals surface area (Å²) in [5.41, 5.74) is -0.599. The van der Waals surface area contributed by atoms with Crippen molar-refractivity contribution in [3.63, 3.8) is 0 Å². The third-order valence-corrected chi connectivity index (χ3v) is 4.07. The predicted molar refractivity (Wildman–Crippen MR) is 75.8 cm³/mol. The standard InChI is InChI=1S/C14H25NOS/c1-5-12-6-7-13(17-12)10-14(4,16)8-9-15-11(2)3/h6-7,11,15-16H,5,8-10H2,1-4H3. The first kappa shape index (κ1) is 14.7. The molecule has 0 saturated carbocycles. The van der Waals surface area contributed by atoms with Crippen molar-refractivity contribution in [1.82, 2.24) is 5.32 Å². The summed E-state index contributed by atoms with van der Waals surface area (Å²) in [5.74, 6) is 0. The van der Waals surface area contributed by atoms with E-state index in [0.717, 1.165) is 25.8 Å². The molecule has 1 unspecified atom stereocenters. The van der Waals surface area contributed by atoms with E-state index < -0.39 is 5.60 Å². The van der Waals surface area contributed by atoms with Gasteiger partial charge in [0.05, 0.1) is 5.60 Å². The topological polar surface area (TPSA) is 32.3 Å². The molecule has 0 spiro atoms. The van der Waals surface area contributed by atoms with Gasteiger partial charge in [-0.25, -0.2) is 0 Å². The van der Waals surface area contributed by atoms with Gasteiger partial charge in [-0.2, -0.15) is 0 Å². The van der Waals surface area contributed by atoms with Crippen molar-refractivity contribution in [3.8, 4) is 0 Å². The molecular weight excluding hydrogens is 230 g/mol. The van der Waals surface area contributed by atoms with Crippen LogP contribution >= 0.6 is 11.3 Å². The van der Waals surface area contributed by atoms with Crippen molar-refractivity contribution in [2.24, 2.45) is 0 Å². The largest absolute Gasteiger partial charge is 0.390 e. The van der Waals surface area contributed by atoms with E-state index in [0.29, 0.717) is 6.04 Å². The Morgan fingerprint density at radius 3 is 2.53 bits per heavy atom. The second kappa shape index (κ2) is 6.53. The minimum Gasteiger partial charge on any atom is -0.390 e. The van der Waals surface area contributed by atoms with Gasteiger partial charge in [-0.1, -0.05) is 20.8 Å². The lowest BCUT2D eigenvalue weighted by molar-refractivity contribution is 0.0519. The highest BCUT2D eigenvalue weighted by Gasteiger charge is 2.21. The van der Waals surface area contributed by atoms with Crippen LogP contribution in [0.3, 0.4) is 0 Å². The van der Waals surface area contributed by atoms with Gasteiger partial charge in [0.2, 0.25) is 0 Å². The van der Waals surface area contributed by atoms with Crippen molar-refractivity contribution in [2.45, 2.75) is 58.6 Å². The lowest BCUT2D eigenvalue weighted by atomic mass is 9.97. The Labute approximate surface area is 109 Å². The number of hydrogen-bond donors (Lipinski definition) is 2. The SMILES string of the molecule is CCc1ccc(CC(C)(O)CCNC(C)C)s1. The average Bonchev–Trinajstić information content (AvgIpc) is 2.63. The van der Waals surface area contributed by atoms with E-state index >= 15 is 0 Å². The van der Waals surface area contributed by atoms with Gasteiger partial charge < -0.3 is 10.4 Å². The van der Waals surface area contributed by atoms with Gasteiger partial charge in [0.15, 0.2) is 0 Å². The van der Waals surface area contributed by atoms with Gasteiger partial charge in [0.1, 0.15) is 0 Å². The van der Waals surface area contributed by atoms with Gasteiger partial charge in [-0.15, -0.1) is 11.3 Å². The number of aryl methyl sites for hydroxylation is 1. The van der Waals surface area contributed by atoms with Crippen molar-refractivity contribution in [2.75, 3.05) is 6.54 Å². The van der Waals surface area contributed by atoms with Gasteiger partial charge in [-0.3, -0.25) is 0 Å². The Morgan fingerprint density at radius 2 is 2.00 bits per heavy atom. The van der Waals surface area contributed by atoms with Crippen LogP contribution in [0.1, 0.15) is 43.9 Å². The molecule has 1 atom stereocenters. The van der Waals surface area contributed by atoms with Crippen LogP contribution in [0.25, 0.3) is 0 Å². The molecule has 0 radical (unpaired) electrons. The number of hydrogen-bond acceptors (Lipinski definition) is 3. The van der Waals surface area contributed by atoms with Gasteiger partial charge in [0.25, 0.3) is 0 Å². The molecule has 3 heteroatoms. The van der Waals surface area contributed by atoms with Crippen molar-refractivity contribution < 1.29 is 5.11 Å². The number of nitrogens with one attached hydrogen (secondary N) is 1. The Kier molecular flexibility index (Phi) is 5.63. The molecule has 0 fully saturated rings. The molecule has 0 saturated heterocycles. The number of aliphatic hydroxyl groups is 1. The summed E-state index contributed by atoms with van der Waals surface area (Å²) in [6.45, 7) is 9.22. The van der Waals surface area contributed by atoms with Crippen LogP contribution in [-0.2, 0) is 12.8 Å². The summed E-state index contributed by atoms with van der Waals surface area (Å²) in [7, 11) is 0. The summed E-state index contributed by atoms with van der Waals surface area (Å²) in [6.07, 6.45) is 2.64. The molecular formula is C14H25NOS. The fourth-order valence-corrected chi connectivity index (χ4v) is 2.94. The monoisotopic (exact) mass is 255 g/mol. The zero-order valence-corrected chi connectivity index (χ0v) is 12.2. The van der Waals surface area contributed by atoms with Crippen LogP contribution in [0.2, 0.25) is 0 Å². The molecule has 0 aliphatic rings. The average molecular weight is 255 g/mol. The highest BCUT2D eigenvalue weighted by Crippen LogP contribution is 2.23. The van der Waals surface area contributed by atoms with Gasteiger partial charge in [0, 0.05) is 22.2 Å². The molecule has 1 rings (SSSR count). The minimum atomic E-state index is -0.599. The van der Waals surface area contributed by atoms with Gasteiger partial charge in [-0.05, 0) is 38.4 Å². The summed E-state index contributed by atoms with van der Waals surface area (Å²) in [5, 5.41) is 13.7. The molecule has 98 valence electrons. The molecule has 1 aromatic heterocycles. The van der Waals surface area contributed by atoms with E-state index in [1.54, 1.807) is 0 Å². The Bertz CT molecular complexity index is 331. The van der Waals surface area contributed by atoms with Crippen LogP contribution in [0, 0.1) is 0 Å². The molecule has 0 aromatic carbocycles. The molecule has 0 aliphatic carbocycles. The quantitative estimate of drug-likeness (QED) is 0.785. The van der Waals surface area contributed by atoms with Crippen molar-refractivity contribution in [1.29, 1.82) is 0 Å². The van der Waals surface area contributed by atoms with E-state index in [4.69, 9.17) is 0 Å². The lowest BCUT2D eigenvalue weighted by Crippen LogP contribution is -2.34. The summed E-state index contributed by atoms with van der Waals surface area (Å²) < 4.78 is 0. The highest BCUT2D eigenvalue weighted by atomic mass is 32.1. The van der Waals surface area contributed by atoms with E-state index in [9.17, 15) is 5.11 Å². The number of thiophene rings is 1. The van der Waals surface area contributed by atoms with Crippen LogP contribution in [0.4, 0.5) is 0 Å². The molecule has 2 N–H and O–H groups in total. The Balaban J connectivity index is 2.42. The third-order valence-electron chi connectivity index (χ3n) is 2.84. The van der Waals surface area contributed by atoms with Crippen LogP contribution < -0.4 is 5.32 Å². The predicted octanol–water partition coefficient (Wildman–Crippen LogP) is 2.99. The van der Waals surface area contributed by atoms with E-state index in [-0.39, 0.29) is 0 Å². The maximum absolute atomic E-state index is 10.3. The van der Waals surface area contributed by atoms with E-state index in [1.807, 2.05) is 18.3 Å². The normalized spacial score (nSPS) is 15.2. The second-order valence-electron chi connectivity index (χ2n) is 5.25. The zero-order valence-electron chi connectivity index (χ0n) is 11.4. The second-order valence-corrected chi connectivity index (χ2v) is 6.51. The molecule has 0 bridgehead atoms. The van der Waals surface area contributed by atoms with E-state index in [2.05, 4.69) is 38.2 Å². The summed E-state index contributed by atoms with van der Waals surface area (Å²) in [6, 6.07) is 4.80. The van der Waals surface area contributed by atoms with Crippen LogP contribution in [0.15, 0.2) is 12.1 Å². The first-order valence-electron chi connectivity index (χ1n) is 6.46. The fraction of sp³-hybridized carbons (Fsp3) is 0.714. The summed E-state index contributed by atoms with van der Waals surface area (Å²) in [4.78, 5) is 2.69. The Morgan fingerprint density at radius 1 is 1.35 bits per heavy atom. The maximum Gasteiger partial charge on any atom is 0.0679 e. The lowest BCUT2D eigenvalue weighted by Gasteiger charge is -2.23. The highest BCUT2D eigenvalue weighted by molar-refractivity contribution is 7.12. The molecule has 0 amide bonds. The molecule has 1 aromatic rings. The van der Waals surface area contributed by atoms with Crippen molar-refractivity contribution >= 4 is 11.3 Å². The summed E-state index contributed by atoms with van der Waals surface area (Å²) >= 11 is 1.82. The smallest absolute Gasteiger partial charge is 0.0679 e. The number of rotatable bonds is 7. The molecule has 0 aliphatic heterocycles. The van der Waals surface area contributed by atoms with Crippen LogP contribution in [0.5, 0.6) is 0 Å². The molecule has 17 heavy (non-hydrogen) atoms. The van der Waals surface area contributed by atoms with Crippen molar-refractivity contribution in [3.05, 3.63) is 21.9 Å². The first-order chi connectivity index (χ1) is 7.93. The van der Waals surface area contributed by atoms with Gasteiger partial charge >= 0.3 is 0 Å². The third kappa shape index (κ3) is 5.66. The minimum absolute atomic E-state index is 0.485. The first-order valence-corrected chi connectivity index (χ1v) is 7.28. The molecule has 1 heterocycles.